The Balaban J connectivity index is 0.000000194. The lowest BCUT2D eigenvalue weighted by atomic mass is 10.1. The molecule has 0 aliphatic heterocycles. The Kier molecular flexibility index (Phi) is 6.08. The molecule has 3 rings (SSSR count). The largest absolute Gasteiger partial charge is 0.376 e. The van der Waals surface area contributed by atoms with E-state index in [2.05, 4.69) is 66.1 Å². The zero-order valence-electron chi connectivity index (χ0n) is 13.5. The molecule has 0 fully saturated rings. The van der Waals surface area contributed by atoms with Gasteiger partial charge in [-0.1, -0.05) is 54.6 Å². The number of nitrogens with one attached hydrogen (secondary N) is 1. The van der Waals surface area contributed by atoms with Crippen LogP contribution in [0, 0.1) is 6.92 Å². The zero-order valence-corrected chi connectivity index (χ0v) is 15.1. The molecule has 3 aromatic rings. The van der Waals surface area contributed by atoms with Crippen LogP contribution in [0.15, 0.2) is 71.6 Å². The first-order valence-corrected chi connectivity index (χ1v) is 9.20. The van der Waals surface area contributed by atoms with Crippen molar-refractivity contribution in [3.05, 3.63) is 72.3 Å². The van der Waals surface area contributed by atoms with E-state index in [1.165, 1.54) is 22.9 Å². The first kappa shape index (κ1) is 18.9. The molecule has 25 heavy (non-hydrogen) atoms. The first-order chi connectivity index (χ1) is 11.8. The van der Waals surface area contributed by atoms with Crippen LogP contribution in [-0.4, -0.2) is 18.1 Å². The van der Waals surface area contributed by atoms with E-state index < -0.39 is 10.1 Å². The van der Waals surface area contributed by atoms with Crippen molar-refractivity contribution in [2.45, 2.75) is 11.8 Å². The van der Waals surface area contributed by atoms with E-state index in [9.17, 15) is 8.42 Å². The smallest absolute Gasteiger partial charge is 0.294 e. The summed E-state index contributed by atoms with van der Waals surface area (Å²) in [5.74, 6) is 0. The van der Waals surface area contributed by atoms with Gasteiger partial charge in [0.1, 0.15) is 0 Å². The van der Waals surface area contributed by atoms with Gasteiger partial charge in [0, 0.05) is 5.69 Å². The van der Waals surface area contributed by atoms with Crippen LogP contribution in [0.25, 0.3) is 10.8 Å². The highest BCUT2D eigenvalue weighted by Gasteiger charge is 2.11. The van der Waals surface area contributed by atoms with Crippen LogP contribution in [0.1, 0.15) is 5.56 Å². The van der Waals surface area contributed by atoms with Crippen molar-refractivity contribution in [1.29, 1.82) is 0 Å². The number of benzene rings is 3. The summed E-state index contributed by atoms with van der Waals surface area (Å²) in [7, 11) is -4.20. The van der Waals surface area contributed by atoms with Crippen LogP contribution < -0.4 is 11.1 Å². The lowest BCUT2D eigenvalue weighted by Crippen LogP contribution is -2.19. The number of rotatable bonds is 2. The normalized spacial score (nSPS) is 10.6. The van der Waals surface area contributed by atoms with Crippen LogP contribution in [0.2, 0.25) is 0 Å². The average Bonchev–Trinajstić information content (AvgIpc) is 2.56. The maximum Gasteiger partial charge on any atom is 0.294 e. The predicted octanol–water partition coefficient (Wildman–Crippen LogP) is 3.74. The van der Waals surface area contributed by atoms with Crippen molar-refractivity contribution >= 4 is 43.9 Å². The minimum atomic E-state index is -4.20. The van der Waals surface area contributed by atoms with Crippen LogP contribution in [0.5, 0.6) is 0 Å². The molecule has 7 heteroatoms. The van der Waals surface area contributed by atoms with E-state index in [1.807, 2.05) is 0 Å². The number of anilines is 1. The average molecular weight is 374 g/mol. The van der Waals surface area contributed by atoms with Gasteiger partial charge in [0.05, 0.1) is 4.90 Å². The van der Waals surface area contributed by atoms with Gasteiger partial charge < -0.3 is 11.1 Å². The van der Waals surface area contributed by atoms with Gasteiger partial charge in [0.2, 0.25) is 0 Å². The molecule has 0 atom stereocenters. The molecule has 0 radical (unpaired) electrons. The van der Waals surface area contributed by atoms with Crippen molar-refractivity contribution in [2.24, 2.45) is 5.73 Å². The summed E-state index contributed by atoms with van der Waals surface area (Å²) in [5, 5.41) is 5.27. The molecule has 0 saturated heterocycles. The molecule has 0 unspecified atom stereocenters. The number of hydrogen-bond donors (Lipinski definition) is 3. The van der Waals surface area contributed by atoms with Gasteiger partial charge in [-0.3, -0.25) is 4.55 Å². The topological polar surface area (TPSA) is 92.4 Å². The fourth-order valence-electron chi connectivity index (χ4n) is 2.16. The summed E-state index contributed by atoms with van der Waals surface area (Å²) < 4.78 is 30.5. The predicted molar refractivity (Wildman–Crippen MR) is 105 cm³/mol. The molecule has 0 aliphatic carbocycles. The first-order valence-electron chi connectivity index (χ1n) is 7.36. The van der Waals surface area contributed by atoms with E-state index >= 15 is 0 Å². The summed E-state index contributed by atoms with van der Waals surface area (Å²) >= 11 is 4.63. The highest BCUT2D eigenvalue weighted by molar-refractivity contribution is 7.85. The van der Waals surface area contributed by atoms with Crippen LogP contribution in [0.4, 0.5) is 5.69 Å². The van der Waals surface area contributed by atoms with E-state index in [4.69, 9.17) is 10.3 Å². The lowest BCUT2D eigenvalue weighted by Gasteiger charge is -2.08. The Morgan fingerprint density at radius 1 is 1.00 bits per heavy atom. The molecule has 0 bridgehead atoms. The van der Waals surface area contributed by atoms with Gasteiger partial charge in [-0.25, -0.2) is 0 Å². The maximum absolute atomic E-state index is 10.8. The fourth-order valence-corrected chi connectivity index (χ4v) is 2.78. The van der Waals surface area contributed by atoms with Crippen molar-refractivity contribution in [3.8, 4) is 0 Å². The Hall–Kier alpha value is -2.48. The Labute approximate surface area is 152 Å². The molecule has 0 saturated carbocycles. The van der Waals surface area contributed by atoms with Crippen molar-refractivity contribution in [3.63, 3.8) is 0 Å². The third-order valence-corrected chi connectivity index (χ3v) is 4.38. The fraction of sp³-hybridized carbons (Fsp3) is 0.0556. The zero-order chi connectivity index (χ0) is 18.4. The molecule has 5 nitrogen and oxygen atoms in total. The van der Waals surface area contributed by atoms with Crippen molar-refractivity contribution in [2.75, 3.05) is 5.32 Å². The Morgan fingerprint density at radius 3 is 1.88 bits per heavy atom. The third kappa shape index (κ3) is 5.53. The second-order valence-corrected chi connectivity index (χ2v) is 7.15. The van der Waals surface area contributed by atoms with Crippen LogP contribution in [-0.2, 0) is 10.1 Å². The monoisotopic (exact) mass is 374 g/mol. The standard InChI is InChI=1S/C10H8.C8H10N2O3S2/c1-2-6-10-8-4-3-7-9(10)5-1;1-5-2-3-6(15(11,12)13)4-7(5)10-8(9)14/h1-8H;2-4H,1H3,(H3,9,10,14)(H,11,12,13). The van der Waals surface area contributed by atoms with Gasteiger partial charge in [-0.2, -0.15) is 8.42 Å². The molecule has 3 aromatic carbocycles. The molecule has 130 valence electrons. The molecular weight excluding hydrogens is 356 g/mol. The lowest BCUT2D eigenvalue weighted by molar-refractivity contribution is 0.483. The van der Waals surface area contributed by atoms with Crippen LogP contribution >= 0.6 is 12.2 Å². The summed E-state index contributed by atoms with van der Waals surface area (Å²) in [6.45, 7) is 1.76. The highest BCUT2D eigenvalue weighted by atomic mass is 32.2. The van der Waals surface area contributed by atoms with Gasteiger partial charge >= 0.3 is 0 Å². The minimum Gasteiger partial charge on any atom is -0.376 e. The molecule has 0 aromatic heterocycles. The quantitative estimate of drug-likeness (QED) is 0.467. The van der Waals surface area contributed by atoms with Gasteiger partial charge in [-0.15, -0.1) is 0 Å². The van der Waals surface area contributed by atoms with E-state index in [0.717, 1.165) is 5.56 Å². The highest BCUT2D eigenvalue weighted by Crippen LogP contribution is 2.19. The number of aryl methyl sites for hydroxylation is 1. The SMILES string of the molecule is Cc1ccc(S(=O)(=O)O)cc1NC(N)=S.c1ccc2ccccc2c1. The summed E-state index contributed by atoms with van der Waals surface area (Å²) in [6.07, 6.45) is 0. The Bertz CT molecular complexity index is 937. The summed E-state index contributed by atoms with van der Waals surface area (Å²) in [4.78, 5) is -0.202. The number of hydrogen-bond acceptors (Lipinski definition) is 3. The summed E-state index contributed by atoms with van der Waals surface area (Å²) in [5.41, 5.74) is 6.49. The minimum absolute atomic E-state index is 0.0330. The van der Waals surface area contributed by atoms with E-state index in [-0.39, 0.29) is 10.0 Å². The molecule has 0 amide bonds. The summed E-state index contributed by atoms with van der Waals surface area (Å²) in [6, 6.07) is 20.8. The van der Waals surface area contributed by atoms with Gasteiger partial charge in [0.15, 0.2) is 5.11 Å². The van der Waals surface area contributed by atoms with E-state index in [1.54, 1.807) is 13.0 Å². The van der Waals surface area contributed by atoms with Gasteiger partial charge in [0.25, 0.3) is 10.1 Å². The number of nitrogens with two attached hydrogens (primary N) is 1. The second kappa shape index (κ2) is 8.06. The molecule has 0 heterocycles. The van der Waals surface area contributed by atoms with Crippen molar-refractivity contribution < 1.29 is 13.0 Å². The molecule has 4 N–H and O–H groups in total. The van der Waals surface area contributed by atoms with Crippen molar-refractivity contribution in [1.82, 2.24) is 0 Å². The maximum atomic E-state index is 10.8. The third-order valence-electron chi connectivity index (χ3n) is 3.42. The van der Waals surface area contributed by atoms with Gasteiger partial charge in [-0.05, 0) is 47.6 Å². The number of thiocarbonyl (C=S) groups is 1. The molecular formula is C18H18N2O3S2. The Morgan fingerprint density at radius 2 is 1.48 bits per heavy atom. The second-order valence-electron chi connectivity index (χ2n) is 5.29. The van der Waals surface area contributed by atoms with E-state index in [0.29, 0.717) is 5.69 Å². The molecule has 0 aliphatic rings. The number of fused-ring (bicyclic) bond motifs is 1. The van der Waals surface area contributed by atoms with Crippen LogP contribution in [0.3, 0.4) is 0 Å². The molecule has 0 spiro atoms.